The second-order valence-corrected chi connectivity index (χ2v) is 7.82. The number of aromatic amines is 1. The number of allylic oxidation sites excluding steroid dienone is 1. The molecule has 9 nitrogen and oxygen atoms in total. The van der Waals surface area contributed by atoms with Crippen molar-refractivity contribution in [3.63, 3.8) is 0 Å². The maximum atomic E-state index is 12.9. The predicted octanol–water partition coefficient (Wildman–Crippen LogP) is 3.98. The fourth-order valence-corrected chi connectivity index (χ4v) is 3.83. The molecule has 1 amide bonds. The van der Waals surface area contributed by atoms with Crippen molar-refractivity contribution in [1.29, 1.82) is 5.26 Å². The molecule has 1 atom stereocenters. The van der Waals surface area contributed by atoms with Gasteiger partial charge in [0.15, 0.2) is 18.1 Å². The van der Waals surface area contributed by atoms with Gasteiger partial charge in [0.05, 0.1) is 18.6 Å². The van der Waals surface area contributed by atoms with Crippen molar-refractivity contribution in [2.24, 2.45) is 5.73 Å². The Morgan fingerprint density at radius 3 is 2.75 bits per heavy atom. The zero-order chi connectivity index (χ0) is 26.0. The van der Waals surface area contributed by atoms with E-state index in [1.807, 2.05) is 0 Å². The van der Waals surface area contributed by atoms with E-state index >= 15 is 0 Å². The lowest BCUT2D eigenvalue weighted by atomic mass is 9.84. The Balaban J connectivity index is 1.53. The van der Waals surface area contributed by atoms with Crippen LogP contribution >= 0.6 is 0 Å². The maximum absolute atomic E-state index is 12.9. The summed E-state index contributed by atoms with van der Waals surface area (Å²) >= 11 is 0. The Morgan fingerprint density at radius 2 is 2.06 bits per heavy atom. The van der Waals surface area contributed by atoms with Crippen molar-refractivity contribution in [2.75, 3.05) is 19.0 Å². The minimum atomic E-state index is -4.53. The standard InChI is InChI=1S/C24H20F3N5O4/c1-12-20-21(16(10-28)22(29)36-23(20)32-31-12)13-6-7-17(18(8-13)34-2)35-11-19(33)30-15-5-3-4-14(9-15)24(25,26)27/h3-9,21H,11,29H2,1-2H3,(H,30,33)(H,31,32). The molecule has 4 N–H and O–H groups in total. The zero-order valence-electron chi connectivity index (χ0n) is 19.1. The largest absolute Gasteiger partial charge is 0.493 e. The molecule has 36 heavy (non-hydrogen) atoms. The number of nitrogens with two attached hydrogens (primary N) is 1. The highest BCUT2D eigenvalue weighted by molar-refractivity contribution is 5.92. The molecule has 1 aliphatic heterocycles. The molecule has 1 aromatic heterocycles. The van der Waals surface area contributed by atoms with Gasteiger partial charge in [0.2, 0.25) is 11.8 Å². The van der Waals surface area contributed by atoms with Gasteiger partial charge < -0.3 is 25.3 Å². The van der Waals surface area contributed by atoms with Crippen molar-refractivity contribution < 1.29 is 32.2 Å². The van der Waals surface area contributed by atoms with E-state index in [2.05, 4.69) is 21.6 Å². The molecule has 3 aromatic rings. The van der Waals surface area contributed by atoms with E-state index in [1.165, 1.54) is 19.2 Å². The first kappa shape index (κ1) is 24.5. The first-order valence-electron chi connectivity index (χ1n) is 10.5. The molecule has 0 saturated heterocycles. The second-order valence-electron chi connectivity index (χ2n) is 7.82. The van der Waals surface area contributed by atoms with E-state index in [1.54, 1.807) is 25.1 Å². The third-order valence-corrected chi connectivity index (χ3v) is 5.48. The summed E-state index contributed by atoms with van der Waals surface area (Å²) in [5, 5.41) is 19.0. The van der Waals surface area contributed by atoms with E-state index in [9.17, 15) is 23.2 Å². The molecular weight excluding hydrogens is 479 g/mol. The molecule has 186 valence electrons. The minimum Gasteiger partial charge on any atom is -0.493 e. The lowest BCUT2D eigenvalue weighted by Crippen LogP contribution is -2.21. The lowest BCUT2D eigenvalue weighted by molar-refractivity contribution is -0.137. The Kier molecular flexibility index (Phi) is 6.48. The zero-order valence-corrected chi connectivity index (χ0v) is 19.1. The Labute approximate surface area is 203 Å². The average molecular weight is 499 g/mol. The average Bonchev–Trinajstić information content (AvgIpc) is 3.21. The minimum absolute atomic E-state index is 0.0139. The summed E-state index contributed by atoms with van der Waals surface area (Å²) in [6.07, 6.45) is -4.53. The monoisotopic (exact) mass is 499 g/mol. The van der Waals surface area contributed by atoms with Crippen LogP contribution < -0.4 is 25.3 Å². The van der Waals surface area contributed by atoms with Crippen LogP contribution in [0.4, 0.5) is 18.9 Å². The van der Waals surface area contributed by atoms with Crippen molar-refractivity contribution in [1.82, 2.24) is 10.2 Å². The van der Waals surface area contributed by atoms with Gasteiger partial charge in [-0.3, -0.25) is 9.89 Å². The van der Waals surface area contributed by atoms with Crippen LogP contribution in [-0.2, 0) is 11.0 Å². The summed E-state index contributed by atoms with van der Waals surface area (Å²) in [4.78, 5) is 12.3. The number of nitrogens with one attached hydrogen (secondary N) is 2. The van der Waals surface area contributed by atoms with Crippen LogP contribution in [0.5, 0.6) is 17.4 Å². The van der Waals surface area contributed by atoms with Gasteiger partial charge in [-0.05, 0) is 42.8 Å². The molecule has 0 fully saturated rings. The number of carbonyl (C=O) groups is 1. The van der Waals surface area contributed by atoms with E-state index in [0.29, 0.717) is 16.8 Å². The van der Waals surface area contributed by atoms with Crippen LogP contribution in [0.15, 0.2) is 53.9 Å². The number of nitrogens with zero attached hydrogens (tertiary/aromatic N) is 2. The summed E-state index contributed by atoms with van der Waals surface area (Å²) < 4.78 is 55.1. The fraction of sp³-hybridized carbons (Fsp3) is 0.208. The Hall–Kier alpha value is -4.66. The van der Waals surface area contributed by atoms with Gasteiger partial charge in [-0.25, -0.2) is 0 Å². The molecule has 0 radical (unpaired) electrons. The molecule has 12 heteroatoms. The number of halogens is 3. The number of ether oxygens (including phenoxy) is 3. The number of amides is 1. The third kappa shape index (κ3) is 4.76. The smallest absolute Gasteiger partial charge is 0.416 e. The predicted molar refractivity (Wildman–Crippen MR) is 121 cm³/mol. The van der Waals surface area contributed by atoms with Crippen LogP contribution in [0.25, 0.3) is 0 Å². The highest BCUT2D eigenvalue weighted by atomic mass is 19.4. The molecule has 4 rings (SSSR count). The summed E-state index contributed by atoms with van der Waals surface area (Å²) in [5.41, 5.74) is 7.23. The van der Waals surface area contributed by atoms with Crippen molar-refractivity contribution in [2.45, 2.75) is 19.0 Å². The SMILES string of the molecule is COc1cc(C2C(C#N)=C(N)Oc3n[nH]c(C)c32)ccc1OCC(=O)Nc1cccc(C(F)(F)F)c1. The van der Waals surface area contributed by atoms with Crippen LogP contribution in [-0.4, -0.2) is 29.8 Å². The lowest BCUT2D eigenvalue weighted by Gasteiger charge is -2.24. The number of methoxy groups -OCH3 is 1. The van der Waals surface area contributed by atoms with Gasteiger partial charge in [0.25, 0.3) is 5.91 Å². The van der Waals surface area contributed by atoms with Crippen LogP contribution in [0.2, 0.25) is 0 Å². The van der Waals surface area contributed by atoms with Gasteiger partial charge in [-0.2, -0.15) is 18.4 Å². The molecule has 1 unspecified atom stereocenters. The molecule has 0 bridgehead atoms. The van der Waals surface area contributed by atoms with Gasteiger partial charge >= 0.3 is 6.18 Å². The van der Waals surface area contributed by atoms with Crippen molar-refractivity contribution in [3.05, 3.63) is 76.3 Å². The van der Waals surface area contributed by atoms with Gasteiger partial charge in [0.1, 0.15) is 11.6 Å². The van der Waals surface area contributed by atoms with Crippen molar-refractivity contribution in [3.8, 4) is 23.4 Å². The van der Waals surface area contributed by atoms with E-state index in [0.717, 1.165) is 12.1 Å². The van der Waals surface area contributed by atoms with E-state index < -0.39 is 30.2 Å². The number of H-pyrrole nitrogens is 1. The van der Waals surface area contributed by atoms with Gasteiger partial charge in [-0.15, -0.1) is 5.10 Å². The number of aromatic nitrogens is 2. The van der Waals surface area contributed by atoms with E-state index in [-0.39, 0.29) is 34.5 Å². The Bertz CT molecular complexity index is 1390. The Morgan fingerprint density at radius 1 is 1.28 bits per heavy atom. The number of alkyl halides is 3. The number of benzene rings is 2. The van der Waals surface area contributed by atoms with Crippen LogP contribution in [0, 0.1) is 18.3 Å². The highest BCUT2D eigenvalue weighted by Crippen LogP contribution is 2.44. The number of carbonyl (C=O) groups excluding carboxylic acids is 1. The normalized spacial score (nSPS) is 14.9. The van der Waals surface area contributed by atoms with Gasteiger partial charge in [-0.1, -0.05) is 12.1 Å². The number of anilines is 1. The first-order chi connectivity index (χ1) is 17.1. The first-order valence-corrected chi connectivity index (χ1v) is 10.5. The molecule has 0 saturated carbocycles. The summed E-state index contributed by atoms with van der Waals surface area (Å²) in [6, 6.07) is 11.2. The fourth-order valence-electron chi connectivity index (χ4n) is 3.83. The van der Waals surface area contributed by atoms with E-state index in [4.69, 9.17) is 19.9 Å². The third-order valence-electron chi connectivity index (χ3n) is 5.48. The molecule has 0 spiro atoms. The molecule has 2 aromatic carbocycles. The topological polar surface area (TPSA) is 135 Å². The van der Waals surface area contributed by atoms with Crippen molar-refractivity contribution >= 4 is 11.6 Å². The summed E-state index contributed by atoms with van der Waals surface area (Å²) in [5.74, 6) is -0.557. The van der Waals surface area contributed by atoms with Gasteiger partial charge in [0, 0.05) is 16.9 Å². The number of nitriles is 1. The van der Waals surface area contributed by atoms with Crippen LogP contribution in [0.3, 0.4) is 0 Å². The molecule has 1 aliphatic rings. The second kappa shape index (κ2) is 9.53. The number of rotatable bonds is 6. The highest BCUT2D eigenvalue weighted by Gasteiger charge is 2.35. The number of hydrogen-bond acceptors (Lipinski definition) is 7. The molecular formula is C24H20F3N5O4. The number of fused-ring (bicyclic) bond motifs is 1. The molecule has 0 aliphatic carbocycles. The summed E-state index contributed by atoms with van der Waals surface area (Å²) in [6.45, 7) is 1.31. The number of aryl methyl sites for hydroxylation is 1. The summed E-state index contributed by atoms with van der Waals surface area (Å²) in [7, 11) is 1.41. The number of hydrogen-bond donors (Lipinski definition) is 3. The maximum Gasteiger partial charge on any atom is 0.416 e. The van der Waals surface area contributed by atoms with Crippen LogP contribution in [0.1, 0.15) is 28.3 Å². The molecule has 2 heterocycles. The quantitative estimate of drug-likeness (QED) is 0.467.